The molecule has 1 aromatic carbocycles. The first kappa shape index (κ1) is 10.6. The van der Waals surface area contributed by atoms with Crippen molar-refractivity contribution in [1.29, 1.82) is 0 Å². The van der Waals surface area contributed by atoms with Gasteiger partial charge in [0.05, 0.1) is 6.04 Å². The molecule has 0 aliphatic heterocycles. The lowest BCUT2D eigenvalue weighted by Crippen LogP contribution is -2.12. The quantitative estimate of drug-likeness (QED) is 0.822. The van der Waals surface area contributed by atoms with Crippen LogP contribution >= 0.6 is 31.9 Å². The van der Waals surface area contributed by atoms with E-state index in [9.17, 15) is 0 Å². The van der Waals surface area contributed by atoms with Gasteiger partial charge < -0.3 is 5.32 Å². The molecule has 68 valence electrons. The van der Waals surface area contributed by atoms with Crippen LogP contribution in [0.25, 0.3) is 0 Å². The van der Waals surface area contributed by atoms with Crippen molar-refractivity contribution in [1.82, 2.24) is 0 Å². The van der Waals surface area contributed by atoms with E-state index >= 15 is 0 Å². The van der Waals surface area contributed by atoms with Crippen LogP contribution in [0.15, 0.2) is 27.1 Å². The van der Waals surface area contributed by atoms with Crippen LogP contribution in [0.1, 0.15) is 6.92 Å². The summed E-state index contributed by atoms with van der Waals surface area (Å²) in [5.74, 6) is 2.61. The molecule has 1 nitrogen and oxygen atoms in total. The summed E-state index contributed by atoms with van der Waals surface area (Å²) >= 11 is 6.83. The molecular weight excluding hydrogens is 294 g/mol. The Morgan fingerprint density at radius 2 is 2.15 bits per heavy atom. The third-order valence-electron chi connectivity index (χ3n) is 1.55. The number of anilines is 1. The van der Waals surface area contributed by atoms with E-state index in [1.54, 1.807) is 0 Å². The van der Waals surface area contributed by atoms with E-state index in [2.05, 4.69) is 43.1 Å². The molecule has 0 saturated carbocycles. The molecule has 0 fully saturated rings. The fraction of sp³-hybridized carbons (Fsp3) is 0.200. The molecule has 1 rings (SSSR count). The van der Waals surface area contributed by atoms with Gasteiger partial charge in [0.2, 0.25) is 0 Å². The van der Waals surface area contributed by atoms with Crippen LogP contribution in [-0.2, 0) is 0 Å². The smallest absolute Gasteiger partial charge is 0.0846 e. The summed E-state index contributed by atoms with van der Waals surface area (Å²) in [4.78, 5) is 0. The summed E-state index contributed by atoms with van der Waals surface area (Å²) in [5.41, 5.74) is 1.01. The van der Waals surface area contributed by atoms with Gasteiger partial charge in [-0.25, -0.2) is 0 Å². The summed E-state index contributed by atoms with van der Waals surface area (Å²) in [5, 5.41) is 3.18. The molecular formula is C10H9Br2N. The standard InChI is InChI=1S/C10H9Br2N/c1-3-7(2)13-10-5-4-8(11)6-9(10)12/h1,4-7,13H,2H3. The van der Waals surface area contributed by atoms with Crippen LogP contribution < -0.4 is 5.32 Å². The molecule has 1 N–H and O–H groups in total. The number of hydrogen-bond acceptors (Lipinski definition) is 1. The summed E-state index contributed by atoms with van der Waals surface area (Å²) in [6.07, 6.45) is 5.26. The largest absolute Gasteiger partial charge is 0.371 e. The maximum Gasteiger partial charge on any atom is 0.0846 e. The van der Waals surface area contributed by atoms with Gasteiger partial charge in [-0.15, -0.1) is 6.42 Å². The van der Waals surface area contributed by atoms with Gasteiger partial charge in [0, 0.05) is 14.6 Å². The lowest BCUT2D eigenvalue weighted by Gasteiger charge is -2.10. The Hall–Kier alpha value is -0.460. The highest BCUT2D eigenvalue weighted by molar-refractivity contribution is 9.11. The first-order valence-corrected chi connectivity index (χ1v) is 5.40. The fourth-order valence-electron chi connectivity index (χ4n) is 0.881. The molecule has 0 saturated heterocycles. The van der Waals surface area contributed by atoms with Crippen LogP contribution in [0.5, 0.6) is 0 Å². The minimum atomic E-state index is 0.0393. The average molecular weight is 303 g/mol. The summed E-state index contributed by atoms with van der Waals surface area (Å²) < 4.78 is 2.04. The summed E-state index contributed by atoms with van der Waals surface area (Å²) in [6, 6.07) is 5.96. The highest BCUT2D eigenvalue weighted by Crippen LogP contribution is 2.26. The van der Waals surface area contributed by atoms with Gasteiger partial charge in [0.15, 0.2) is 0 Å². The normalized spacial score (nSPS) is 11.8. The predicted octanol–water partition coefficient (Wildman–Crippen LogP) is 3.65. The highest BCUT2D eigenvalue weighted by Gasteiger charge is 2.02. The zero-order valence-corrected chi connectivity index (χ0v) is 10.3. The Bertz CT molecular complexity index is 341. The maximum atomic E-state index is 5.26. The van der Waals surface area contributed by atoms with Crippen molar-refractivity contribution in [3.63, 3.8) is 0 Å². The molecule has 0 bridgehead atoms. The van der Waals surface area contributed by atoms with Crippen LogP contribution in [0.3, 0.4) is 0 Å². The minimum Gasteiger partial charge on any atom is -0.371 e. The number of rotatable bonds is 2. The SMILES string of the molecule is C#CC(C)Nc1ccc(Br)cc1Br. The Morgan fingerprint density at radius 3 is 2.69 bits per heavy atom. The molecule has 0 aromatic heterocycles. The van der Waals surface area contributed by atoms with E-state index in [0.29, 0.717) is 0 Å². The molecule has 1 atom stereocenters. The van der Waals surface area contributed by atoms with Gasteiger partial charge in [-0.3, -0.25) is 0 Å². The molecule has 0 heterocycles. The van der Waals surface area contributed by atoms with E-state index in [0.717, 1.165) is 14.6 Å². The number of nitrogens with one attached hydrogen (secondary N) is 1. The zero-order chi connectivity index (χ0) is 9.84. The third-order valence-corrected chi connectivity index (χ3v) is 2.70. The molecule has 0 aliphatic rings. The van der Waals surface area contributed by atoms with E-state index in [-0.39, 0.29) is 6.04 Å². The Kier molecular flexibility index (Phi) is 3.83. The average Bonchev–Trinajstić information content (AvgIpc) is 2.09. The first-order chi connectivity index (χ1) is 6.13. The molecule has 1 aromatic rings. The molecule has 1 unspecified atom stereocenters. The topological polar surface area (TPSA) is 12.0 Å². The summed E-state index contributed by atoms with van der Waals surface area (Å²) in [7, 11) is 0. The second-order valence-corrected chi connectivity index (χ2v) is 4.43. The molecule has 0 spiro atoms. The van der Waals surface area contributed by atoms with E-state index in [1.807, 2.05) is 25.1 Å². The number of halogens is 2. The second-order valence-electron chi connectivity index (χ2n) is 2.66. The maximum absolute atomic E-state index is 5.26. The molecule has 0 radical (unpaired) electrons. The van der Waals surface area contributed by atoms with Crippen molar-refractivity contribution >= 4 is 37.5 Å². The zero-order valence-electron chi connectivity index (χ0n) is 7.14. The molecule has 3 heteroatoms. The molecule has 13 heavy (non-hydrogen) atoms. The lowest BCUT2D eigenvalue weighted by molar-refractivity contribution is 1.03. The van der Waals surface area contributed by atoms with Crippen LogP contribution in [0, 0.1) is 12.3 Å². The first-order valence-electron chi connectivity index (χ1n) is 3.81. The highest BCUT2D eigenvalue weighted by atomic mass is 79.9. The molecule has 0 amide bonds. The number of terminal acetylenes is 1. The fourth-order valence-corrected chi connectivity index (χ4v) is 2.04. The van der Waals surface area contributed by atoms with Crippen LogP contribution in [-0.4, -0.2) is 6.04 Å². The van der Waals surface area contributed by atoms with E-state index in [4.69, 9.17) is 6.42 Å². The van der Waals surface area contributed by atoms with Crippen LogP contribution in [0.4, 0.5) is 5.69 Å². The van der Waals surface area contributed by atoms with E-state index in [1.165, 1.54) is 0 Å². The van der Waals surface area contributed by atoms with Gasteiger partial charge in [0.1, 0.15) is 0 Å². The van der Waals surface area contributed by atoms with Crippen molar-refractivity contribution in [3.8, 4) is 12.3 Å². The Labute approximate surface area is 95.2 Å². The third kappa shape index (κ3) is 3.06. The van der Waals surface area contributed by atoms with Crippen molar-refractivity contribution in [3.05, 3.63) is 27.1 Å². The predicted molar refractivity (Wildman–Crippen MR) is 63.8 cm³/mol. The minimum absolute atomic E-state index is 0.0393. The van der Waals surface area contributed by atoms with Crippen molar-refractivity contribution < 1.29 is 0 Å². The van der Waals surface area contributed by atoms with Gasteiger partial charge in [-0.2, -0.15) is 0 Å². The van der Waals surface area contributed by atoms with Gasteiger partial charge in [-0.05, 0) is 41.1 Å². The Morgan fingerprint density at radius 1 is 1.46 bits per heavy atom. The van der Waals surface area contributed by atoms with Crippen molar-refractivity contribution in [2.75, 3.05) is 5.32 Å². The molecule has 0 aliphatic carbocycles. The lowest BCUT2D eigenvalue weighted by atomic mass is 10.3. The number of hydrogen-bond donors (Lipinski definition) is 1. The van der Waals surface area contributed by atoms with Gasteiger partial charge >= 0.3 is 0 Å². The van der Waals surface area contributed by atoms with Crippen molar-refractivity contribution in [2.24, 2.45) is 0 Å². The van der Waals surface area contributed by atoms with Gasteiger partial charge in [0.25, 0.3) is 0 Å². The monoisotopic (exact) mass is 301 g/mol. The summed E-state index contributed by atoms with van der Waals surface area (Å²) in [6.45, 7) is 1.94. The van der Waals surface area contributed by atoms with Gasteiger partial charge in [-0.1, -0.05) is 21.9 Å². The second kappa shape index (κ2) is 4.69. The van der Waals surface area contributed by atoms with Crippen molar-refractivity contribution in [2.45, 2.75) is 13.0 Å². The Balaban J connectivity index is 2.85. The number of benzene rings is 1. The van der Waals surface area contributed by atoms with Crippen LogP contribution in [0.2, 0.25) is 0 Å². The van der Waals surface area contributed by atoms with E-state index < -0.39 is 0 Å².